The first-order chi connectivity index (χ1) is 18.3. The third-order valence-corrected chi connectivity index (χ3v) is 6.48. The Labute approximate surface area is 214 Å². The molecule has 38 heavy (non-hydrogen) atoms. The van der Waals surface area contributed by atoms with E-state index in [1.165, 1.54) is 19.2 Å². The highest BCUT2D eigenvalue weighted by Crippen LogP contribution is 2.57. The molecule has 1 spiro atoms. The lowest BCUT2D eigenvalue weighted by Gasteiger charge is -2.36. The molecule has 1 atom stereocenters. The highest BCUT2D eigenvalue weighted by Gasteiger charge is 2.53. The predicted molar refractivity (Wildman–Crippen MR) is 129 cm³/mol. The number of fused-ring (bicyclic) bond motifs is 6. The quantitative estimate of drug-likeness (QED) is 0.151. The summed E-state index contributed by atoms with van der Waals surface area (Å²) in [6, 6.07) is 19.1. The number of nitro benzene ring substituents is 1. The van der Waals surface area contributed by atoms with E-state index < -0.39 is 39.5 Å². The van der Waals surface area contributed by atoms with Crippen LogP contribution in [0, 0.1) is 15.9 Å². The van der Waals surface area contributed by atoms with Crippen LogP contribution in [-0.4, -0.2) is 24.0 Å². The molecular weight excluding hydrogens is 497 g/mol. The van der Waals surface area contributed by atoms with Gasteiger partial charge in [-0.05, 0) is 36.4 Å². The zero-order chi connectivity index (χ0) is 26.6. The van der Waals surface area contributed by atoms with Crippen molar-refractivity contribution in [2.45, 2.75) is 5.60 Å². The molecule has 0 saturated carbocycles. The van der Waals surface area contributed by atoms with Gasteiger partial charge in [-0.1, -0.05) is 18.2 Å². The van der Waals surface area contributed by atoms with E-state index in [1.54, 1.807) is 48.5 Å². The third kappa shape index (κ3) is 3.38. The average Bonchev–Trinajstić information content (AvgIpc) is 3.21. The van der Waals surface area contributed by atoms with E-state index in [0.717, 1.165) is 18.2 Å². The summed E-state index contributed by atoms with van der Waals surface area (Å²) < 4.78 is 37.1. The van der Waals surface area contributed by atoms with Crippen molar-refractivity contribution < 1.29 is 37.9 Å². The fraction of sp³-hybridized carbons (Fsp3) is 0.0714. The van der Waals surface area contributed by atoms with Crippen LogP contribution in [0.15, 0.2) is 78.9 Å². The number of hydrogen-bond acceptors (Lipinski definition) is 8. The Kier molecular flexibility index (Phi) is 5.13. The maximum absolute atomic E-state index is 14.3. The molecule has 0 fully saturated rings. The highest BCUT2D eigenvalue weighted by molar-refractivity contribution is 5.97. The zero-order valence-electron chi connectivity index (χ0n) is 19.6. The Morgan fingerprint density at radius 3 is 2.32 bits per heavy atom. The van der Waals surface area contributed by atoms with Crippen molar-refractivity contribution in [3.8, 4) is 23.0 Å². The van der Waals surface area contributed by atoms with E-state index in [9.17, 15) is 24.1 Å². The Hall–Kier alpha value is -5.25. The number of hydrogen-bond donors (Lipinski definition) is 0. The number of ether oxygens (including phenoxy) is 4. The number of benzene rings is 4. The molecule has 2 aliphatic rings. The van der Waals surface area contributed by atoms with Crippen molar-refractivity contribution in [1.29, 1.82) is 0 Å². The van der Waals surface area contributed by atoms with Gasteiger partial charge in [0.25, 0.3) is 5.69 Å². The predicted octanol–water partition coefficient (Wildman–Crippen LogP) is 5.53. The number of carbonyl (C=O) groups excluding carboxylic acids is 2. The van der Waals surface area contributed by atoms with Crippen LogP contribution in [0.3, 0.4) is 0 Å². The van der Waals surface area contributed by atoms with Gasteiger partial charge < -0.3 is 18.9 Å². The second kappa shape index (κ2) is 8.41. The SMILES string of the molecule is COc1ccc2c(c1)Oc1cc(OC(=O)c3cc([N+](=O)[O-])ccc3F)ccc1C21OC(=O)c2ccccc21. The highest BCUT2D eigenvalue weighted by atomic mass is 19.1. The van der Waals surface area contributed by atoms with E-state index in [0.29, 0.717) is 33.8 Å². The summed E-state index contributed by atoms with van der Waals surface area (Å²) in [6.07, 6.45) is 0. The first kappa shape index (κ1) is 23.2. The van der Waals surface area contributed by atoms with Crippen LogP contribution in [0.1, 0.15) is 37.4 Å². The minimum Gasteiger partial charge on any atom is -0.497 e. The number of esters is 2. The summed E-state index contributed by atoms with van der Waals surface area (Å²) in [5, 5.41) is 11.1. The maximum Gasteiger partial charge on any atom is 0.346 e. The molecule has 2 heterocycles. The van der Waals surface area contributed by atoms with Crippen LogP contribution < -0.4 is 14.2 Å². The number of methoxy groups -OCH3 is 1. The van der Waals surface area contributed by atoms with Crippen LogP contribution in [0.5, 0.6) is 23.0 Å². The molecule has 0 aliphatic carbocycles. The molecular formula is C28H16FNO8. The molecule has 0 N–H and O–H groups in total. The van der Waals surface area contributed by atoms with Gasteiger partial charge in [-0.2, -0.15) is 0 Å². The summed E-state index contributed by atoms with van der Waals surface area (Å²) in [6.45, 7) is 0. The molecule has 0 amide bonds. The molecule has 4 aromatic rings. The molecule has 2 aliphatic heterocycles. The van der Waals surface area contributed by atoms with E-state index in [1.807, 2.05) is 0 Å². The summed E-state index contributed by atoms with van der Waals surface area (Å²) in [4.78, 5) is 35.9. The Morgan fingerprint density at radius 1 is 0.921 bits per heavy atom. The number of nitro groups is 1. The van der Waals surface area contributed by atoms with Gasteiger partial charge in [0.15, 0.2) is 5.60 Å². The molecule has 0 bridgehead atoms. The van der Waals surface area contributed by atoms with Crippen molar-refractivity contribution in [2.24, 2.45) is 0 Å². The summed E-state index contributed by atoms with van der Waals surface area (Å²) >= 11 is 0. The lowest BCUT2D eigenvalue weighted by Crippen LogP contribution is -2.33. The van der Waals surface area contributed by atoms with Gasteiger partial charge in [0.1, 0.15) is 34.4 Å². The smallest absolute Gasteiger partial charge is 0.346 e. The molecule has 10 heteroatoms. The van der Waals surface area contributed by atoms with Gasteiger partial charge in [-0.15, -0.1) is 0 Å². The normalized spacial score (nSPS) is 16.5. The van der Waals surface area contributed by atoms with Gasteiger partial charge in [0.05, 0.1) is 17.6 Å². The lowest BCUT2D eigenvalue weighted by molar-refractivity contribution is -0.384. The summed E-state index contributed by atoms with van der Waals surface area (Å²) in [7, 11) is 1.50. The van der Waals surface area contributed by atoms with Crippen LogP contribution in [0.4, 0.5) is 10.1 Å². The van der Waals surface area contributed by atoms with Crippen LogP contribution >= 0.6 is 0 Å². The number of nitrogens with zero attached hydrogens (tertiary/aromatic N) is 1. The number of carbonyl (C=O) groups is 2. The largest absolute Gasteiger partial charge is 0.497 e. The van der Waals surface area contributed by atoms with E-state index in [2.05, 4.69) is 0 Å². The summed E-state index contributed by atoms with van der Waals surface area (Å²) in [5.41, 5.74) is -0.313. The van der Waals surface area contributed by atoms with Crippen molar-refractivity contribution >= 4 is 17.6 Å². The van der Waals surface area contributed by atoms with Crippen molar-refractivity contribution in [3.63, 3.8) is 0 Å². The average molecular weight is 513 g/mol. The molecule has 1 unspecified atom stereocenters. The van der Waals surface area contributed by atoms with Crippen LogP contribution in [0.2, 0.25) is 0 Å². The van der Waals surface area contributed by atoms with Gasteiger partial charge in [0, 0.05) is 41.0 Å². The molecule has 6 rings (SSSR count). The van der Waals surface area contributed by atoms with Crippen molar-refractivity contribution in [3.05, 3.63) is 123 Å². The molecule has 0 aromatic heterocycles. The minimum absolute atomic E-state index is 0.0150. The molecule has 9 nitrogen and oxygen atoms in total. The number of non-ortho nitro benzene ring substituents is 1. The number of rotatable bonds is 4. The third-order valence-electron chi connectivity index (χ3n) is 6.48. The molecule has 0 radical (unpaired) electrons. The zero-order valence-corrected chi connectivity index (χ0v) is 19.6. The Balaban J connectivity index is 1.46. The van der Waals surface area contributed by atoms with Gasteiger partial charge in [0.2, 0.25) is 0 Å². The van der Waals surface area contributed by atoms with Crippen LogP contribution in [-0.2, 0) is 10.3 Å². The van der Waals surface area contributed by atoms with Crippen LogP contribution in [0.25, 0.3) is 0 Å². The lowest BCUT2D eigenvalue weighted by atomic mass is 9.77. The van der Waals surface area contributed by atoms with Gasteiger partial charge in [-0.3, -0.25) is 10.1 Å². The second-order valence-corrected chi connectivity index (χ2v) is 8.55. The molecule has 4 aromatic carbocycles. The topological polar surface area (TPSA) is 114 Å². The number of halogens is 1. The Bertz CT molecular complexity index is 1680. The van der Waals surface area contributed by atoms with Gasteiger partial charge >= 0.3 is 11.9 Å². The fourth-order valence-corrected chi connectivity index (χ4v) is 4.77. The summed E-state index contributed by atoms with van der Waals surface area (Å²) in [5.74, 6) is -1.54. The van der Waals surface area contributed by atoms with E-state index in [4.69, 9.17) is 18.9 Å². The maximum atomic E-state index is 14.3. The molecule has 188 valence electrons. The van der Waals surface area contributed by atoms with Gasteiger partial charge in [-0.25, -0.2) is 14.0 Å². The van der Waals surface area contributed by atoms with Crippen molar-refractivity contribution in [2.75, 3.05) is 7.11 Å². The monoisotopic (exact) mass is 513 g/mol. The van der Waals surface area contributed by atoms with E-state index in [-0.39, 0.29) is 11.5 Å². The second-order valence-electron chi connectivity index (χ2n) is 8.55. The fourth-order valence-electron chi connectivity index (χ4n) is 4.77. The minimum atomic E-state index is -1.34. The first-order valence-electron chi connectivity index (χ1n) is 11.3. The molecule has 0 saturated heterocycles. The standard InChI is InChI=1S/C28H16FNO8/c1-35-16-7-9-21-24(13-16)37-25-14-17(36-26(31)19-12-15(30(33)34)6-11-23(19)29)8-10-22(25)28(21)20-5-3-2-4-18(20)27(32)38-28/h2-14H,1H3. The van der Waals surface area contributed by atoms with E-state index >= 15 is 0 Å². The van der Waals surface area contributed by atoms with Crippen molar-refractivity contribution in [1.82, 2.24) is 0 Å². The first-order valence-corrected chi connectivity index (χ1v) is 11.3. The Morgan fingerprint density at radius 2 is 1.61 bits per heavy atom.